The lowest BCUT2D eigenvalue weighted by Gasteiger charge is -2.59. The van der Waals surface area contributed by atoms with E-state index in [-0.39, 0.29) is 29.1 Å². The van der Waals surface area contributed by atoms with Crippen LogP contribution in [0.3, 0.4) is 0 Å². The summed E-state index contributed by atoms with van der Waals surface area (Å²) in [6.45, 7) is 6.82. The zero-order chi connectivity index (χ0) is 26.0. The summed E-state index contributed by atoms with van der Waals surface area (Å²) in [6.07, 6.45) is 3.40. The summed E-state index contributed by atoms with van der Waals surface area (Å²) in [4.78, 5) is 31.1. The first-order valence-corrected chi connectivity index (χ1v) is 13.1. The molecule has 1 saturated heterocycles. The van der Waals surface area contributed by atoms with Crippen LogP contribution in [0.5, 0.6) is 0 Å². The van der Waals surface area contributed by atoms with Crippen LogP contribution in [-0.2, 0) is 15.8 Å². The number of nitrogens with zero attached hydrogens (tertiary/aromatic N) is 2. The Morgan fingerprint density at radius 1 is 1.19 bits per heavy atom. The Morgan fingerprint density at radius 3 is 2.67 bits per heavy atom. The molecule has 36 heavy (non-hydrogen) atoms. The van der Waals surface area contributed by atoms with Gasteiger partial charge < -0.3 is 10.2 Å². The predicted molar refractivity (Wildman–Crippen MR) is 130 cm³/mol. The molecule has 2 heterocycles. The zero-order valence-electron chi connectivity index (χ0n) is 21.5. The van der Waals surface area contributed by atoms with Gasteiger partial charge in [0.1, 0.15) is 5.82 Å². The normalized spacial score (nSPS) is 36.3. The number of amides is 2. The van der Waals surface area contributed by atoms with Crippen LogP contribution in [0.2, 0.25) is 0 Å². The number of nitrogens with one attached hydrogen (secondary N) is 1. The van der Waals surface area contributed by atoms with Crippen molar-refractivity contribution in [2.45, 2.75) is 78.3 Å². The molecule has 1 N–H and O–H groups in total. The van der Waals surface area contributed by atoms with Crippen molar-refractivity contribution < 1.29 is 22.8 Å². The molecule has 8 heteroatoms. The first kappa shape index (κ1) is 25.3. The van der Waals surface area contributed by atoms with Crippen LogP contribution in [0.15, 0.2) is 29.6 Å². The molecular weight excluding hydrogens is 467 g/mol. The Hall–Kier alpha value is -2.38. The minimum Gasteiger partial charge on any atom is -0.319 e. The van der Waals surface area contributed by atoms with Crippen molar-refractivity contribution in [3.05, 3.63) is 35.2 Å². The van der Waals surface area contributed by atoms with Crippen molar-refractivity contribution in [2.75, 3.05) is 12.4 Å². The highest BCUT2D eigenvalue weighted by molar-refractivity contribution is 5.90. The lowest BCUT2D eigenvalue weighted by atomic mass is 9.48. The fourth-order valence-corrected chi connectivity index (χ4v) is 8.69. The summed E-state index contributed by atoms with van der Waals surface area (Å²) in [5, 5.41) is 2.46. The van der Waals surface area contributed by atoms with Gasteiger partial charge in [-0.2, -0.15) is 13.2 Å². The van der Waals surface area contributed by atoms with Crippen LogP contribution in [0, 0.1) is 34.5 Å². The average Bonchev–Trinajstić information content (AvgIpc) is 3.12. The van der Waals surface area contributed by atoms with Gasteiger partial charge in [0.25, 0.3) is 0 Å². The van der Waals surface area contributed by atoms with Crippen molar-refractivity contribution in [3.63, 3.8) is 0 Å². The highest BCUT2D eigenvalue weighted by atomic mass is 19.4. The van der Waals surface area contributed by atoms with Crippen molar-refractivity contribution in [1.29, 1.82) is 0 Å². The maximum Gasteiger partial charge on any atom is 0.419 e. The molecule has 4 aliphatic rings. The quantitative estimate of drug-likeness (QED) is 0.518. The maximum atomic E-state index is 13.4. The second kappa shape index (κ2) is 8.59. The molecule has 1 aromatic heterocycles. The molecule has 6 atom stereocenters. The number of anilines is 1. The number of hydrogen-bond donors (Lipinski definition) is 1. The Kier molecular flexibility index (Phi) is 6.03. The van der Waals surface area contributed by atoms with E-state index in [1.165, 1.54) is 23.5 Å². The summed E-state index contributed by atoms with van der Waals surface area (Å²) < 4.78 is 40.1. The Morgan fingerprint density at radius 2 is 1.94 bits per heavy atom. The zero-order valence-corrected chi connectivity index (χ0v) is 21.5. The van der Waals surface area contributed by atoms with Gasteiger partial charge in [-0.25, -0.2) is 4.98 Å². The average molecular weight is 504 g/mol. The van der Waals surface area contributed by atoms with Crippen LogP contribution in [0.1, 0.15) is 77.7 Å². The molecule has 0 aromatic carbocycles. The van der Waals surface area contributed by atoms with Crippen LogP contribution in [0.25, 0.3) is 0 Å². The van der Waals surface area contributed by atoms with E-state index in [0.29, 0.717) is 24.2 Å². The number of alkyl halides is 3. The van der Waals surface area contributed by atoms with Gasteiger partial charge in [0, 0.05) is 37.2 Å². The van der Waals surface area contributed by atoms with Crippen molar-refractivity contribution in [3.8, 4) is 0 Å². The predicted octanol–water partition coefficient (Wildman–Crippen LogP) is 6.42. The first-order chi connectivity index (χ1) is 16.9. The number of allylic oxidation sites excluding steroid dienone is 2. The molecule has 5 nitrogen and oxygen atoms in total. The van der Waals surface area contributed by atoms with E-state index in [4.69, 9.17) is 0 Å². The van der Waals surface area contributed by atoms with E-state index in [1.54, 1.807) is 0 Å². The van der Waals surface area contributed by atoms with Crippen molar-refractivity contribution in [1.82, 2.24) is 9.88 Å². The second-order valence-electron chi connectivity index (χ2n) is 12.0. The topological polar surface area (TPSA) is 62.3 Å². The van der Waals surface area contributed by atoms with E-state index in [1.807, 2.05) is 11.9 Å². The fourth-order valence-electron chi connectivity index (χ4n) is 8.69. The highest BCUT2D eigenvalue weighted by Crippen LogP contribution is 2.67. The number of likely N-dealkylation sites (tertiary alicyclic amines) is 1. The third kappa shape index (κ3) is 3.86. The molecular formula is C28H36F3N3O2. The van der Waals surface area contributed by atoms with E-state index in [2.05, 4.69) is 31.1 Å². The summed E-state index contributed by atoms with van der Waals surface area (Å²) in [5.74, 6) is 1.04. The first-order valence-electron chi connectivity index (χ1n) is 13.1. The fraction of sp³-hybridized carbons (Fsp3) is 0.679. The SMILES string of the molecule is CC1=C2N(C)C(=O)CC[C@]2(C)[C@H]2CC[C@]3(C)[C@@H](CC(=O)Nc4ncccc4C(F)(F)F)CC[C@H]3[C@@H]2C1. The lowest BCUT2D eigenvalue weighted by molar-refractivity contribution is -0.137. The number of piperidine rings is 1. The van der Waals surface area contributed by atoms with Crippen molar-refractivity contribution >= 4 is 17.6 Å². The van der Waals surface area contributed by atoms with E-state index in [0.717, 1.165) is 44.6 Å². The molecule has 196 valence electrons. The minimum atomic E-state index is -4.57. The van der Waals surface area contributed by atoms with Gasteiger partial charge >= 0.3 is 6.18 Å². The van der Waals surface area contributed by atoms with Crippen LogP contribution in [-0.4, -0.2) is 28.7 Å². The van der Waals surface area contributed by atoms with Crippen LogP contribution < -0.4 is 5.32 Å². The number of carbonyl (C=O) groups is 2. The molecule has 5 rings (SSSR count). The second-order valence-corrected chi connectivity index (χ2v) is 12.0. The van der Waals surface area contributed by atoms with Gasteiger partial charge in [0.05, 0.1) is 5.56 Å². The Balaban J connectivity index is 1.34. The largest absolute Gasteiger partial charge is 0.419 e. The smallest absolute Gasteiger partial charge is 0.319 e. The number of hydrogen-bond acceptors (Lipinski definition) is 3. The van der Waals surface area contributed by atoms with Gasteiger partial charge in [0.15, 0.2) is 0 Å². The molecule has 0 bridgehead atoms. The van der Waals surface area contributed by atoms with E-state index >= 15 is 0 Å². The highest BCUT2D eigenvalue weighted by Gasteiger charge is 2.60. The number of aromatic nitrogens is 1. The van der Waals surface area contributed by atoms with Gasteiger partial charge in [-0.05, 0) is 86.7 Å². The standard InChI is InChI=1S/C28H36F3N3O2/c1-16-14-18-19-8-7-17(15-22(35)33-25-21(28(29,30)31)6-5-13-32-25)26(19,2)11-9-20(18)27(3)12-10-23(36)34(4)24(16)27/h5-6,13,17-20H,7-12,14-15H2,1-4H3,(H,32,33,35)/t17-,18+,19+,20+,26-,27-/m1/s1. The molecule has 0 radical (unpaired) electrons. The maximum absolute atomic E-state index is 13.4. The molecule has 2 amide bonds. The summed E-state index contributed by atoms with van der Waals surface area (Å²) >= 11 is 0. The molecule has 2 saturated carbocycles. The third-order valence-electron chi connectivity index (χ3n) is 10.3. The summed E-state index contributed by atoms with van der Waals surface area (Å²) in [6, 6.07) is 2.17. The van der Waals surface area contributed by atoms with E-state index < -0.39 is 23.5 Å². The minimum absolute atomic E-state index is 0.000569. The van der Waals surface area contributed by atoms with Crippen LogP contribution in [0.4, 0.5) is 19.0 Å². The molecule has 1 aromatic rings. The number of carbonyl (C=O) groups excluding carboxylic acids is 2. The number of pyridine rings is 1. The van der Waals surface area contributed by atoms with Gasteiger partial charge in [-0.1, -0.05) is 19.4 Å². The number of halogens is 3. The van der Waals surface area contributed by atoms with E-state index in [9.17, 15) is 22.8 Å². The van der Waals surface area contributed by atoms with Gasteiger partial charge in [0.2, 0.25) is 11.8 Å². The molecule has 3 fully saturated rings. The van der Waals surface area contributed by atoms with Crippen LogP contribution >= 0.6 is 0 Å². The van der Waals surface area contributed by atoms with Gasteiger partial charge in [-0.3, -0.25) is 9.59 Å². The summed E-state index contributed by atoms with van der Waals surface area (Å²) in [7, 11) is 1.92. The van der Waals surface area contributed by atoms with Crippen molar-refractivity contribution in [2.24, 2.45) is 34.5 Å². The summed E-state index contributed by atoms with van der Waals surface area (Å²) in [5.41, 5.74) is 1.61. The molecule has 0 spiro atoms. The number of fused-ring (bicyclic) bond motifs is 5. The number of rotatable bonds is 3. The molecule has 3 aliphatic carbocycles. The Labute approximate surface area is 210 Å². The monoisotopic (exact) mass is 503 g/mol. The lowest BCUT2D eigenvalue weighted by Crippen LogP contribution is -2.54. The molecule has 1 aliphatic heterocycles. The third-order valence-corrected chi connectivity index (χ3v) is 10.3. The van der Waals surface area contributed by atoms with Gasteiger partial charge in [-0.15, -0.1) is 0 Å². The molecule has 0 unspecified atom stereocenters. The Bertz CT molecular complexity index is 1120.